The lowest BCUT2D eigenvalue weighted by molar-refractivity contribution is -0.160. The summed E-state index contributed by atoms with van der Waals surface area (Å²) >= 11 is 2.08. The Morgan fingerprint density at radius 2 is 1.82 bits per heavy atom. The summed E-state index contributed by atoms with van der Waals surface area (Å²) in [5.74, 6) is -1.56. The Labute approximate surface area is 353 Å². The molecule has 2 fully saturated rings. The number of phosphoric acid groups is 2. The Balaban J connectivity index is 1.24. The van der Waals surface area contributed by atoms with Gasteiger partial charge in [-0.05, 0) is 46.7 Å². The van der Waals surface area contributed by atoms with Gasteiger partial charge < -0.3 is 50.8 Å². The molecule has 2 saturated heterocycles. The molecule has 1 amide bonds. The Morgan fingerprint density at radius 3 is 2.53 bits per heavy atom. The lowest BCUT2D eigenvalue weighted by Crippen LogP contribution is -2.47. The number of nitrogens with one attached hydrogen (secondary N) is 1. The van der Waals surface area contributed by atoms with Crippen molar-refractivity contribution in [3.05, 3.63) is 81.5 Å². The third-order valence-corrected chi connectivity index (χ3v) is 11.8. The van der Waals surface area contributed by atoms with Gasteiger partial charge in [0.05, 0.1) is 19.5 Å². The molecule has 1 aromatic carbocycles. The van der Waals surface area contributed by atoms with E-state index >= 15 is 0 Å². The van der Waals surface area contributed by atoms with Crippen molar-refractivity contribution < 1.29 is 66.3 Å². The number of phosphoric ester groups is 2. The zero-order chi connectivity index (χ0) is 43.4. The summed E-state index contributed by atoms with van der Waals surface area (Å²) in [5, 5.41) is 14.4. The van der Waals surface area contributed by atoms with Crippen molar-refractivity contribution in [3.8, 4) is 0 Å². The van der Waals surface area contributed by atoms with Crippen LogP contribution in [0.4, 0.5) is 11.6 Å². The van der Waals surface area contributed by atoms with Crippen LogP contribution in [0.2, 0.25) is 0 Å². The van der Waals surface area contributed by atoms with Gasteiger partial charge in [-0.25, -0.2) is 33.7 Å². The predicted molar refractivity (Wildman–Crippen MR) is 214 cm³/mol. The number of aliphatic hydroxyl groups excluding tert-OH is 1. The highest BCUT2D eigenvalue weighted by Crippen LogP contribution is 2.50. The number of fused-ring (bicyclic) bond motifs is 1. The number of halogens is 1. The SMILES string of the molecule is C=CCCC(=O)N[C@H](Cc1ccccc1I)C(=O)OC1C(COP(=O)(O)O[C@H]2C[C@H](n3ccc(N)nc3=O)O[C@@H]2COP(=O)(O)O)OC(n2cnc3c(N)ncnc32)C1O. The maximum absolute atomic E-state index is 14.0. The minimum atomic E-state index is -5.22. The third-order valence-electron chi connectivity index (χ3n) is 9.22. The summed E-state index contributed by atoms with van der Waals surface area (Å²) in [6.07, 6.45) is -5.24. The maximum Gasteiger partial charge on any atom is 0.472 e. The first-order chi connectivity index (χ1) is 28.4. The molecule has 27 heteroatoms. The van der Waals surface area contributed by atoms with E-state index in [1.807, 2.05) is 6.07 Å². The second-order valence-electron chi connectivity index (χ2n) is 13.4. The number of esters is 1. The Morgan fingerprint density at radius 1 is 1.07 bits per heavy atom. The molecular weight excluding hydrogens is 951 g/mol. The predicted octanol–water partition coefficient (Wildman–Crippen LogP) is 0.615. The van der Waals surface area contributed by atoms with Gasteiger partial charge in [0.2, 0.25) is 5.91 Å². The summed E-state index contributed by atoms with van der Waals surface area (Å²) < 4.78 is 61.1. The molecule has 0 aliphatic carbocycles. The highest BCUT2D eigenvalue weighted by molar-refractivity contribution is 14.1. The summed E-state index contributed by atoms with van der Waals surface area (Å²) in [5.41, 5.74) is 11.6. The van der Waals surface area contributed by atoms with E-state index in [9.17, 15) is 43.3 Å². The number of amides is 1. The molecule has 5 heterocycles. The van der Waals surface area contributed by atoms with Gasteiger partial charge in [0.1, 0.15) is 54.3 Å². The number of aromatic nitrogens is 6. The van der Waals surface area contributed by atoms with Crippen LogP contribution in [-0.4, -0.2) is 111 Å². The number of nitrogens with zero attached hydrogens (tertiary/aromatic N) is 6. The number of rotatable bonds is 18. The fraction of sp³-hybridized carbons (Fsp3) is 0.424. The normalized spacial score (nSPS) is 24.5. The topological polar surface area (TPSA) is 347 Å². The van der Waals surface area contributed by atoms with E-state index < -0.39 is 95.4 Å². The molecule has 3 aromatic heterocycles. The van der Waals surface area contributed by atoms with Crippen LogP contribution in [0.15, 0.2) is 66.6 Å². The van der Waals surface area contributed by atoms with Crippen molar-refractivity contribution in [1.29, 1.82) is 0 Å². The van der Waals surface area contributed by atoms with E-state index in [0.717, 1.165) is 14.5 Å². The van der Waals surface area contributed by atoms with Crippen molar-refractivity contribution in [2.45, 2.75) is 74.7 Å². The van der Waals surface area contributed by atoms with Gasteiger partial charge in [-0.15, -0.1) is 6.58 Å². The van der Waals surface area contributed by atoms with E-state index in [-0.39, 0.29) is 42.1 Å². The Bertz CT molecular complexity index is 2370. The van der Waals surface area contributed by atoms with E-state index in [0.29, 0.717) is 12.0 Å². The molecule has 9 atom stereocenters. The molecule has 9 N–H and O–H groups in total. The third kappa shape index (κ3) is 11.2. The molecule has 2 aliphatic heterocycles. The number of carbonyl (C=O) groups excluding carboxylic acids is 2. The highest BCUT2D eigenvalue weighted by atomic mass is 127. The number of allylic oxidation sites excluding steroid dienone is 1. The van der Waals surface area contributed by atoms with Crippen LogP contribution in [0.1, 0.15) is 37.3 Å². The molecule has 4 aromatic rings. The molecule has 5 unspecified atom stereocenters. The molecule has 0 radical (unpaired) electrons. The van der Waals surface area contributed by atoms with Crippen molar-refractivity contribution >= 4 is 72.9 Å². The van der Waals surface area contributed by atoms with Gasteiger partial charge in [-0.2, -0.15) is 4.98 Å². The van der Waals surface area contributed by atoms with Gasteiger partial charge in [0.25, 0.3) is 0 Å². The van der Waals surface area contributed by atoms with Crippen molar-refractivity contribution in [1.82, 2.24) is 34.4 Å². The Kier molecular flexibility index (Phi) is 14.5. The number of anilines is 2. The summed E-state index contributed by atoms with van der Waals surface area (Å²) in [6, 6.07) is 7.14. The van der Waals surface area contributed by atoms with Gasteiger partial charge in [0, 0.05) is 29.0 Å². The number of nitrogen functional groups attached to an aromatic ring is 2. The van der Waals surface area contributed by atoms with E-state index in [1.165, 1.54) is 23.2 Å². The molecular formula is C33H40IN9O15P2. The molecule has 0 spiro atoms. The molecule has 24 nitrogen and oxygen atoms in total. The van der Waals surface area contributed by atoms with Crippen LogP contribution < -0.4 is 22.5 Å². The number of carbonyl (C=O) groups is 2. The van der Waals surface area contributed by atoms with Crippen molar-refractivity contribution in [2.24, 2.45) is 0 Å². The minimum Gasteiger partial charge on any atom is -0.455 e. The summed E-state index contributed by atoms with van der Waals surface area (Å²) in [4.78, 5) is 84.8. The number of ether oxygens (including phenoxy) is 3. The van der Waals surface area contributed by atoms with Crippen molar-refractivity contribution in [2.75, 3.05) is 24.7 Å². The monoisotopic (exact) mass is 991 g/mol. The van der Waals surface area contributed by atoms with Crippen LogP contribution >= 0.6 is 38.2 Å². The fourth-order valence-corrected chi connectivity index (χ4v) is 8.30. The van der Waals surface area contributed by atoms with Crippen LogP contribution in [0.5, 0.6) is 0 Å². The van der Waals surface area contributed by atoms with Gasteiger partial charge >= 0.3 is 27.3 Å². The molecule has 2 aliphatic rings. The fourth-order valence-electron chi connectivity index (χ4n) is 6.40. The van der Waals surface area contributed by atoms with Crippen LogP contribution in [0.25, 0.3) is 11.2 Å². The smallest absolute Gasteiger partial charge is 0.455 e. The number of hydrogen-bond acceptors (Lipinski definition) is 18. The zero-order valence-electron chi connectivity index (χ0n) is 31.2. The average Bonchev–Trinajstić information content (AvgIpc) is 3.88. The molecule has 60 heavy (non-hydrogen) atoms. The maximum atomic E-state index is 14.0. The highest BCUT2D eigenvalue weighted by Gasteiger charge is 2.50. The number of hydrogen-bond donors (Lipinski definition) is 7. The molecule has 0 bridgehead atoms. The quantitative estimate of drug-likeness (QED) is 0.0311. The average molecular weight is 992 g/mol. The van der Waals surface area contributed by atoms with Gasteiger partial charge in [-0.3, -0.25) is 27.5 Å². The summed E-state index contributed by atoms with van der Waals surface area (Å²) in [7, 11) is -10.3. The largest absolute Gasteiger partial charge is 0.472 e. The van der Waals surface area contributed by atoms with Crippen molar-refractivity contribution in [3.63, 3.8) is 0 Å². The van der Waals surface area contributed by atoms with E-state index in [2.05, 4.69) is 58.9 Å². The van der Waals surface area contributed by atoms with E-state index in [4.69, 9.17) is 34.7 Å². The first-order valence-electron chi connectivity index (χ1n) is 17.9. The van der Waals surface area contributed by atoms with Crippen LogP contribution in [0.3, 0.4) is 0 Å². The van der Waals surface area contributed by atoms with Gasteiger partial charge in [-0.1, -0.05) is 24.3 Å². The Hall–Kier alpha value is -4.24. The first kappa shape index (κ1) is 45.3. The van der Waals surface area contributed by atoms with E-state index in [1.54, 1.807) is 24.3 Å². The minimum absolute atomic E-state index is 0.00994. The zero-order valence-corrected chi connectivity index (χ0v) is 35.1. The van der Waals surface area contributed by atoms with Crippen LogP contribution in [0, 0.1) is 3.57 Å². The van der Waals surface area contributed by atoms with Gasteiger partial charge in [0.15, 0.2) is 23.8 Å². The molecule has 6 rings (SSSR count). The van der Waals surface area contributed by atoms with Crippen LogP contribution in [-0.2, 0) is 52.9 Å². The number of aliphatic hydroxyl groups is 1. The summed E-state index contributed by atoms with van der Waals surface area (Å²) in [6.45, 7) is 1.89. The second kappa shape index (κ2) is 19.2. The molecule has 0 saturated carbocycles. The first-order valence-corrected chi connectivity index (χ1v) is 22.0. The number of benzene rings is 1. The lowest BCUT2D eigenvalue weighted by atomic mass is 10.0. The second-order valence-corrected chi connectivity index (χ2v) is 17.2. The standard InChI is InChI=1S/C33H40IN9O15P2/c1-2-3-8-24(44)40-19(11-17-6-4-5-7-18(17)34)32(46)57-28-22(56-31(27(28)45)43-16-39-26-29(36)37-15-38-30(26)43)14-54-60(51,52)58-20-12-25(42-10-9-23(35)41-33(42)47)55-21(20)13-53-59(48,49)50/h2,4-7,9-10,15-16,19-22,25,27-28,31,45H,1,3,8,11-14H2,(H,40,44)(H,51,52)(H2,35,41,47)(H2,36,37,38)(H2,48,49,50)/t19-,20+,21-,22?,25-,27?,28?,31?/m1/s1. The number of nitrogens with two attached hydrogens (primary N) is 2. The number of imidazole rings is 1. The molecule has 324 valence electrons. The lowest BCUT2D eigenvalue weighted by Gasteiger charge is -2.26.